The number of aromatic nitrogens is 2. The van der Waals surface area contributed by atoms with Gasteiger partial charge in [0.25, 0.3) is 0 Å². The van der Waals surface area contributed by atoms with Crippen LogP contribution in [-0.4, -0.2) is 39.5 Å². The maximum atomic E-state index is 13.4. The van der Waals surface area contributed by atoms with E-state index in [4.69, 9.17) is 15.2 Å². The van der Waals surface area contributed by atoms with E-state index in [1.54, 1.807) is 31.3 Å². The van der Waals surface area contributed by atoms with Crippen molar-refractivity contribution in [2.24, 2.45) is 5.73 Å². The molecule has 3 heterocycles. The van der Waals surface area contributed by atoms with Crippen LogP contribution in [0.2, 0.25) is 0 Å². The summed E-state index contributed by atoms with van der Waals surface area (Å²) in [6, 6.07) is 12.9. The van der Waals surface area contributed by atoms with E-state index in [2.05, 4.69) is 9.97 Å². The Bertz CT molecular complexity index is 1780. The van der Waals surface area contributed by atoms with E-state index < -0.39 is 28.7 Å². The van der Waals surface area contributed by atoms with Gasteiger partial charge in [-0.25, -0.2) is 4.98 Å². The van der Waals surface area contributed by atoms with Crippen molar-refractivity contribution in [3.8, 4) is 22.8 Å². The number of fused-ring (bicyclic) bond motifs is 2. The number of amides is 1. The van der Waals surface area contributed by atoms with E-state index >= 15 is 0 Å². The van der Waals surface area contributed by atoms with Crippen molar-refractivity contribution in [1.29, 1.82) is 0 Å². The van der Waals surface area contributed by atoms with Crippen LogP contribution in [0.4, 0.5) is 13.2 Å². The lowest BCUT2D eigenvalue weighted by Crippen LogP contribution is -2.40. The number of hydrogen-bond donors (Lipinski definition) is 2. The predicted octanol–water partition coefficient (Wildman–Crippen LogP) is 5.86. The number of pyridine rings is 2. The summed E-state index contributed by atoms with van der Waals surface area (Å²) in [5.74, 6) is -0.162. The first-order chi connectivity index (χ1) is 20.8. The van der Waals surface area contributed by atoms with Gasteiger partial charge in [-0.05, 0) is 69.5 Å². The largest absolute Gasteiger partial charge is 0.489 e. The van der Waals surface area contributed by atoms with Gasteiger partial charge < -0.3 is 20.3 Å². The van der Waals surface area contributed by atoms with Gasteiger partial charge in [0.15, 0.2) is 5.78 Å². The molecule has 44 heavy (non-hydrogen) atoms. The molecule has 0 saturated heterocycles. The van der Waals surface area contributed by atoms with Crippen LogP contribution in [0.5, 0.6) is 11.5 Å². The van der Waals surface area contributed by atoms with Gasteiger partial charge in [-0.2, -0.15) is 13.2 Å². The van der Waals surface area contributed by atoms with Crippen molar-refractivity contribution in [1.82, 2.24) is 9.97 Å². The SMILES string of the molecule is C[C@](O)(CCC(=O)c1cc(OC2CC2)c2ncccc2c1)c1cc2c(c(-c3ccc(C(F)(F)F)cc3)n1)OC[C@]2(C)C(N)=O. The van der Waals surface area contributed by atoms with Crippen LogP contribution in [0.1, 0.15) is 66.7 Å². The van der Waals surface area contributed by atoms with Crippen LogP contribution < -0.4 is 15.2 Å². The number of ether oxygens (including phenoxy) is 2. The molecule has 3 N–H and O–H groups in total. The molecule has 1 aliphatic heterocycles. The number of primary amides is 1. The number of alkyl halides is 3. The molecule has 2 aliphatic rings. The second-order valence-corrected chi connectivity index (χ2v) is 11.9. The summed E-state index contributed by atoms with van der Waals surface area (Å²) in [6.45, 7) is 2.99. The van der Waals surface area contributed by atoms with Crippen molar-refractivity contribution < 1.29 is 37.3 Å². The molecule has 2 aromatic carbocycles. The van der Waals surface area contributed by atoms with Gasteiger partial charge in [0.05, 0.1) is 17.4 Å². The van der Waals surface area contributed by atoms with Crippen LogP contribution in [0, 0.1) is 0 Å². The van der Waals surface area contributed by atoms with E-state index in [0.29, 0.717) is 28.0 Å². The highest BCUT2D eigenvalue weighted by molar-refractivity contribution is 6.01. The normalized spacial score (nSPS) is 19.2. The van der Waals surface area contributed by atoms with Crippen molar-refractivity contribution in [2.75, 3.05) is 6.61 Å². The highest BCUT2D eigenvalue weighted by Crippen LogP contribution is 2.46. The first kappa shape index (κ1) is 29.6. The Labute approximate surface area is 251 Å². The fourth-order valence-electron chi connectivity index (χ4n) is 5.28. The van der Waals surface area contributed by atoms with E-state index in [0.717, 1.165) is 30.4 Å². The van der Waals surface area contributed by atoms with Gasteiger partial charge in [-0.3, -0.25) is 14.6 Å². The Hall–Kier alpha value is -4.51. The van der Waals surface area contributed by atoms with E-state index in [-0.39, 0.29) is 48.5 Å². The Balaban J connectivity index is 1.33. The first-order valence-electron chi connectivity index (χ1n) is 14.2. The van der Waals surface area contributed by atoms with Gasteiger partial charge in [0.1, 0.15) is 40.3 Å². The Morgan fingerprint density at radius 3 is 2.52 bits per heavy atom. The summed E-state index contributed by atoms with van der Waals surface area (Å²) in [6.07, 6.45) is -0.973. The molecule has 2 atom stereocenters. The minimum absolute atomic E-state index is 0.0396. The van der Waals surface area contributed by atoms with E-state index in [1.165, 1.54) is 25.1 Å². The lowest BCUT2D eigenvalue weighted by molar-refractivity contribution is -0.137. The van der Waals surface area contributed by atoms with E-state index in [1.807, 2.05) is 6.07 Å². The summed E-state index contributed by atoms with van der Waals surface area (Å²) in [5.41, 5.74) is 3.98. The number of nitrogens with two attached hydrogens (primary N) is 1. The molecule has 8 nitrogen and oxygen atoms in total. The van der Waals surface area contributed by atoms with Crippen molar-refractivity contribution in [2.45, 2.75) is 62.8 Å². The minimum Gasteiger partial charge on any atom is -0.489 e. The second-order valence-electron chi connectivity index (χ2n) is 11.9. The molecule has 4 aromatic rings. The standard InChI is InChI=1S/C33H30F3N3O5/c1-31(30(37)41)17-43-29-23(31)16-26(39-28(29)18-5-7-21(8-6-18)33(34,35)36)32(2,42)12-11-24(40)20-14-19-4-3-13-38-27(19)25(15-20)44-22-9-10-22/h3-8,13-16,22,42H,9-12,17H2,1-2H3,(H2,37,41)/t31-,32-/m0/s1. The molecule has 2 aromatic heterocycles. The topological polar surface area (TPSA) is 125 Å². The highest BCUT2D eigenvalue weighted by Gasteiger charge is 2.45. The smallest absolute Gasteiger partial charge is 0.416 e. The molecular formula is C33H30F3N3O5. The Kier molecular flexibility index (Phi) is 7.11. The molecule has 1 amide bonds. The zero-order chi connectivity index (χ0) is 31.4. The third-order valence-electron chi connectivity index (χ3n) is 8.30. The molecule has 0 spiro atoms. The molecule has 0 unspecified atom stereocenters. The van der Waals surface area contributed by atoms with Crippen LogP contribution in [0.15, 0.2) is 60.8 Å². The number of rotatable bonds is 9. The number of nitrogens with zero attached hydrogens (tertiary/aromatic N) is 2. The summed E-state index contributed by atoms with van der Waals surface area (Å²) >= 11 is 0. The van der Waals surface area contributed by atoms with Crippen LogP contribution in [0.25, 0.3) is 22.2 Å². The van der Waals surface area contributed by atoms with Crippen molar-refractivity contribution in [3.63, 3.8) is 0 Å². The van der Waals surface area contributed by atoms with Crippen molar-refractivity contribution in [3.05, 3.63) is 83.2 Å². The molecule has 0 radical (unpaired) electrons. The number of benzene rings is 2. The summed E-state index contributed by atoms with van der Waals surface area (Å²) < 4.78 is 51.5. The molecule has 1 fully saturated rings. The molecule has 0 bridgehead atoms. The Morgan fingerprint density at radius 2 is 1.86 bits per heavy atom. The lowest BCUT2D eigenvalue weighted by Gasteiger charge is -2.26. The Morgan fingerprint density at radius 1 is 1.14 bits per heavy atom. The fourth-order valence-corrected chi connectivity index (χ4v) is 5.28. The number of carbonyl (C=O) groups is 2. The van der Waals surface area contributed by atoms with Crippen LogP contribution in [0.3, 0.4) is 0 Å². The molecule has 1 aliphatic carbocycles. The average molecular weight is 606 g/mol. The number of ketones is 1. The van der Waals surface area contributed by atoms with Gasteiger partial charge in [-0.15, -0.1) is 0 Å². The zero-order valence-corrected chi connectivity index (χ0v) is 24.1. The predicted molar refractivity (Wildman–Crippen MR) is 155 cm³/mol. The van der Waals surface area contributed by atoms with Crippen molar-refractivity contribution >= 4 is 22.6 Å². The number of carbonyl (C=O) groups excluding carboxylic acids is 2. The molecular weight excluding hydrogens is 575 g/mol. The summed E-state index contributed by atoms with van der Waals surface area (Å²) in [5, 5.41) is 12.4. The number of halogens is 3. The monoisotopic (exact) mass is 605 g/mol. The average Bonchev–Trinajstić information content (AvgIpc) is 3.74. The maximum Gasteiger partial charge on any atom is 0.416 e. The molecule has 228 valence electrons. The quantitative estimate of drug-likeness (QED) is 0.229. The third kappa shape index (κ3) is 5.47. The first-order valence-corrected chi connectivity index (χ1v) is 14.2. The minimum atomic E-state index is -4.53. The number of hydrogen-bond acceptors (Lipinski definition) is 7. The fraction of sp³-hybridized carbons (Fsp3) is 0.333. The number of Topliss-reactive ketones (excluding diaryl/α,β-unsaturated/α-hetero) is 1. The van der Waals surface area contributed by atoms with Gasteiger partial charge in [0.2, 0.25) is 5.91 Å². The zero-order valence-electron chi connectivity index (χ0n) is 24.1. The highest BCUT2D eigenvalue weighted by atomic mass is 19.4. The number of aliphatic hydroxyl groups is 1. The summed E-state index contributed by atoms with van der Waals surface area (Å²) in [7, 11) is 0. The van der Waals surface area contributed by atoms with Gasteiger partial charge >= 0.3 is 6.18 Å². The lowest BCUT2D eigenvalue weighted by atomic mass is 9.81. The summed E-state index contributed by atoms with van der Waals surface area (Å²) in [4.78, 5) is 34.9. The van der Waals surface area contributed by atoms with Gasteiger partial charge in [0, 0.05) is 34.7 Å². The van der Waals surface area contributed by atoms with Crippen LogP contribution in [-0.2, 0) is 22.0 Å². The third-order valence-corrected chi connectivity index (χ3v) is 8.30. The van der Waals surface area contributed by atoms with E-state index in [9.17, 15) is 27.9 Å². The maximum absolute atomic E-state index is 13.4. The van der Waals surface area contributed by atoms with Crippen LogP contribution >= 0.6 is 0 Å². The molecule has 11 heteroatoms. The molecule has 1 saturated carbocycles. The second kappa shape index (κ2) is 10.6. The molecule has 6 rings (SSSR count). The van der Waals surface area contributed by atoms with Gasteiger partial charge in [-0.1, -0.05) is 18.2 Å².